The number of fused-ring (bicyclic) bond motifs is 3. The van der Waals surface area contributed by atoms with E-state index >= 15 is 0 Å². The molecular formula is C48H40O4. The molecule has 0 N–H and O–H groups in total. The zero-order chi connectivity index (χ0) is 37.1. The summed E-state index contributed by atoms with van der Waals surface area (Å²) in [5.41, 5.74) is 3.40. The summed E-state index contributed by atoms with van der Waals surface area (Å²) in [5.74, 6) is 0. The molecule has 0 radical (unpaired) electrons. The maximum absolute atomic E-state index is 14.7. The summed E-state index contributed by atoms with van der Waals surface area (Å²) in [6.07, 6.45) is 12.0. The first-order valence-electron chi connectivity index (χ1n) is 17.6. The molecule has 0 fully saturated rings. The van der Waals surface area contributed by atoms with Gasteiger partial charge in [0, 0.05) is 43.4 Å². The van der Waals surface area contributed by atoms with Crippen LogP contribution >= 0.6 is 0 Å². The van der Waals surface area contributed by atoms with Crippen LogP contribution in [0.25, 0.3) is 65.7 Å². The molecule has 0 atom stereocenters. The number of rotatable bonds is 7. The van der Waals surface area contributed by atoms with Crippen LogP contribution in [0.4, 0.5) is 0 Å². The van der Waals surface area contributed by atoms with E-state index in [2.05, 4.69) is 33.6 Å². The highest BCUT2D eigenvalue weighted by molar-refractivity contribution is 6.13. The predicted octanol–water partition coefficient (Wildman–Crippen LogP) is 10.6. The molecule has 0 saturated carbocycles. The normalized spacial score (nSPS) is 12.6. The van der Waals surface area contributed by atoms with Crippen LogP contribution in [-0.2, 0) is 0 Å². The largest absolute Gasteiger partial charge is 0.289 e. The summed E-state index contributed by atoms with van der Waals surface area (Å²) in [6, 6.07) is 25.5. The van der Waals surface area contributed by atoms with Gasteiger partial charge >= 0.3 is 0 Å². The van der Waals surface area contributed by atoms with E-state index in [1.165, 1.54) is 18.6 Å². The lowest BCUT2D eigenvalue weighted by molar-refractivity contribution is 0.996. The molecule has 1 aliphatic carbocycles. The fourth-order valence-electron chi connectivity index (χ4n) is 6.96. The van der Waals surface area contributed by atoms with E-state index < -0.39 is 10.9 Å². The second-order valence-electron chi connectivity index (χ2n) is 13.0. The van der Waals surface area contributed by atoms with Crippen LogP contribution in [0.2, 0.25) is 0 Å². The molecule has 256 valence electrons. The summed E-state index contributed by atoms with van der Waals surface area (Å²) in [4.78, 5) is 58.5. The minimum atomic E-state index is -0.469. The average Bonchev–Trinajstić information content (AvgIpc) is 3.18. The van der Waals surface area contributed by atoms with E-state index in [0.29, 0.717) is 34.3 Å². The average molecular weight is 681 g/mol. The van der Waals surface area contributed by atoms with E-state index in [4.69, 9.17) is 0 Å². The first-order valence-corrected chi connectivity index (χ1v) is 17.6. The smallest absolute Gasteiger partial charge is 0.195 e. The van der Waals surface area contributed by atoms with Crippen LogP contribution in [0.15, 0.2) is 165 Å². The third-order valence-corrected chi connectivity index (χ3v) is 9.43. The maximum Gasteiger partial charge on any atom is 0.195 e. The standard InChI is InChI=1S/C45H32O4.C3H8/c1-5-15-26(2)27(3)38-39(28(4)29-16-9-6-10-17-29)43(47)35-25-37-36(24-34(35)42(38)46)44(48)40-32(30-18-11-7-12-19-30)22-23-33(41(40)45(37)49)31-20-13-8-14-21-31;1-3-2/h5-9,11-16,18-25H,2-4,10,17H2,1H3;3H2,1-2H3/b15-5-;. The van der Waals surface area contributed by atoms with E-state index in [1.807, 2.05) is 97.9 Å². The van der Waals surface area contributed by atoms with Gasteiger partial charge in [0.05, 0.1) is 0 Å². The minimum absolute atomic E-state index is 0.0484. The first-order chi connectivity index (χ1) is 25.1. The molecule has 0 unspecified atom stereocenters. The van der Waals surface area contributed by atoms with Crippen molar-refractivity contribution in [2.75, 3.05) is 0 Å². The molecular weight excluding hydrogens is 641 g/mol. The second-order valence-corrected chi connectivity index (χ2v) is 13.0. The van der Waals surface area contributed by atoms with Gasteiger partial charge < -0.3 is 0 Å². The fourth-order valence-corrected chi connectivity index (χ4v) is 6.96. The Morgan fingerprint density at radius 2 is 1.12 bits per heavy atom. The van der Waals surface area contributed by atoms with Crippen LogP contribution in [0.3, 0.4) is 0 Å². The highest BCUT2D eigenvalue weighted by Gasteiger charge is 2.26. The number of hydrogen-bond acceptors (Lipinski definition) is 4. The van der Waals surface area contributed by atoms with Crippen molar-refractivity contribution in [2.45, 2.75) is 40.0 Å². The van der Waals surface area contributed by atoms with Gasteiger partial charge in [0.25, 0.3) is 0 Å². The Morgan fingerprint density at radius 1 is 0.654 bits per heavy atom. The number of hydrogen-bond donors (Lipinski definition) is 0. The van der Waals surface area contributed by atoms with Crippen molar-refractivity contribution in [3.05, 3.63) is 198 Å². The summed E-state index contributed by atoms with van der Waals surface area (Å²) < 4.78 is 0. The molecule has 0 aliphatic heterocycles. The minimum Gasteiger partial charge on any atom is -0.289 e. The lowest BCUT2D eigenvalue weighted by Crippen LogP contribution is -2.24. The molecule has 7 rings (SSSR count). The SMILES string of the molecule is C=C(/C=C\C)C(=C)c1c(C(=C)C2=CC=CCC2)c(=O)c2cc3c(=O)c4c(-c5ccccc5)ccc(-c5ccccc5)c4c(=O)c3cc2c1=O.CCC. The molecule has 52 heavy (non-hydrogen) atoms. The number of allylic oxidation sites excluding steroid dienone is 9. The van der Waals surface area contributed by atoms with Crippen molar-refractivity contribution in [3.8, 4) is 22.3 Å². The molecule has 0 bridgehead atoms. The van der Waals surface area contributed by atoms with E-state index in [-0.39, 0.29) is 54.3 Å². The highest BCUT2D eigenvalue weighted by atomic mass is 16.1. The van der Waals surface area contributed by atoms with Crippen LogP contribution in [0.5, 0.6) is 0 Å². The lowest BCUT2D eigenvalue weighted by atomic mass is 9.83. The highest BCUT2D eigenvalue weighted by Crippen LogP contribution is 2.36. The summed E-state index contributed by atoms with van der Waals surface area (Å²) in [7, 11) is 0. The molecule has 4 heteroatoms. The monoisotopic (exact) mass is 680 g/mol. The van der Waals surface area contributed by atoms with E-state index in [9.17, 15) is 19.2 Å². The Morgan fingerprint density at radius 3 is 1.56 bits per heavy atom. The lowest BCUT2D eigenvalue weighted by Gasteiger charge is -2.18. The zero-order valence-electron chi connectivity index (χ0n) is 29.8. The summed E-state index contributed by atoms with van der Waals surface area (Å²) >= 11 is 0. The van der Waals surface area contributed by atoms with Crippen molar-refractivity contribution in [1.29, 1.82) is 0 Å². The van der Waals surface area contributed by atoms with Gasteiger partial charge in [0.1, 0.15) is 0 Å². The molecule has 6 aromatic carbocycles. The van der Waals surface area contributed by atoms with Gasteiger partial charge in [-0.2, -0.15) is 0 Å². The molecule has 0 heterocycles. The Bertz CT molecular complexity index is 2730. The molecule has 1 aliphatic rings. The van der Waals surface area contributed by atoms with Gasteiger partial charge in [-0.25, -0.2) is 0 Å². The zero-order valence-corrected chi connectivity index (χ0v) is 29.8. The number of benzene rings is 6. The fraction of sp³-hybridized carbons (Fsp3) is 0.125. The van der Waals surface area contributed by atoms with E-state index in [1.54, 1.807) is 12.2 Å². The molecule has 0 saturated heterocycles. The first kappa shape index (κ1) is 35.6. The van der Waals surface area contributed by atoms with Crippen molar-refractivity contribution in [3.63, 3.8) is 0 Å². The maximum atomic E-state index is 14.7. The van der Waals surface area contributed by atoms with Gasteiger partial charge in [-0.1, -0.05) is 143 Å². The van der Waals surface area contributed by atoms with Crippen molar-refractivity contribution >= 4 is 43.5 Å². The van der Waals surface area contributed by atoms with Crippen molar-refractivity contribution in [2.24, 2.45) is 0 Å². The van der Waals surface area contributed by atoms with Gasteiger partial charge in [-0.05, 0) is 76.4 Å². The summed E-state index contributed by atoms with van der Waals surface area (Å²) in [6.45, 7) is 18.6. The van der Waals surface area contributed by atoms with Gasteiger partial charge in [-0.3, -0.25) is 19.2 Å². The van der Waals surface area contributed by atoms with Crippen LogP contribution in [-0.4, -0.2) is 0 Å². The van der Waals surface area contributed by atoms with Gasteiger partial charge in [-0.15, -0.1) is 0 Å². The topological polar surface area (TPSA) is 68.3 Å². The third kappa shape index (κ3) is 6.18. The van der Waals surface area contributed by atoms with Gasteiger partial charge in [0.2, 0.25) is 0 Å². The Hall–Kier alpha value is -6.26. The van der Waals surface area contributed by atoms with Gasteiger partial charge in [0.15, 0.2) is 21.7 Å². The van der Waals surface area contributed by atoms with Crippen molar-refractivity contribution < 1.29 is 0 Å². The van der Waals surface area contributed by atoms with Crippen LogP contribution in [0.1, 0.15) is 51.2 Å². The molecule has 6 aromatic rings. The molecule has 4 nitrogen and oxygen atoms in total. The third-order valence-electron chi connectivity index (χ3n) is 9.43. The summed E-state index contributed by atoms with van der Waals surface area (Å²) in [5, 5.41) is 0.824. The Kier molecular flexibility index (Phi) is 10.2. The Balaban J connectivity index is 0.00000150. The van der Waals surface area contributed by atoms with Crippen LogP contribution in [0, 0.1) is 0 Å². The Labute approximate surface area is 303 Å². The second kappa shape index (κ2) is 14.9. The molecule has 0 amide bonds. The molecule has 0 spiro atoms. The van der Waals surface area contributed by atoms with E-state index in [0.717, 1.165) is 23.1 Å². The molecule has 0 aromatic heterocycles. The van der Waals surface area contributed by atoms with Crippen molar-refractivity contribution in [1.82, 2.24) is 0 Å². The van der Waals surface area contributed by atoms with Crippen LogP contribution < -0.4 is 21.7 Å². The quantitative estimate of drug-likeness (QED) is 0.124. The predicted molar refractivity (Wildman–Crippen MR) is 222 cm³/mol.